The lowest BCUT2D eigenvalue weighted by molar-refractivity contribution is 0.122. The van der Waals surface area contributed by atoms with Gasteiger partial charge in [-0.25, -0.2) is 9.97 Å². The molecule has 0 unspecified atom stereocenters. The Morgan fingerprint density at radius 3 is 2.20 bits per heavy atom. The molecule has 4 rings (SSSR count). The van der Waals surface area contributed by atoms with E-state index in [1.165, 1.54) is 0 Å². The normalized spacial score (nSPS) is 18.5. The molecule has 4 heterocycles. The van der Waals surface area contributed by atoms with Crippen molar-refractivity contribution in [1.29, 1.82) is 0 Å². The fourth-order valence-corrected chi connectivity index (χ4v) is 3.39. The average molecular weight is 405 g/mol. The topological polar surface area (TPSA) is 57.6 Å². The fourth-order valence-electron chi connectivity index (χ4n) is 3.15. The van der Waals surface area contributed by atoms with Crippen LogP contribution in [0.2, 0.25) is 0 Å². The molecule has 7 nitrogen and oxygen atoms in total. The number of pyridine rings is 1. The minimum Gasteiger partial charge on any atom is -0.378 e. The molecule has 0 bridgehead atoms. The van der Waals surface area contributed by atoms with Gasteiger partial charge < -0.3 is 19.4 Å². The Morgan fingerprint density at radius 2 is 1.52 bits per heavy atom. The molecule has 2 fully saturated rings. The van der Waals surface area contributed by atoms with Crippen LogP contribution < -0.4 is 14.7 Å². The van der Waals surface area contributed by atoms with E-state index < -0.39 is 0 Å². The molecule has 0 spiro atoms. The number of anilines is 3. The van der Waals surface area contributed by atoms with Crippen molar-refractivity contribution in [1.82, 2.24) is 15.0 Å². The van der Waals surface area contributed by atoms with E-state index in [-0.39, 0.29) is 0 Å². The molecular weight excluding hydrogens is 384 g/mol. The standard InChI is InChI=1S/C17H21BrN6O/c18-14-1-2-15(20-13-14)22-5-7-23(8-6-22)16-3-4-19-17(21-16)24-9-11-25-12-10-24/h1-4,13H,5-12H2. The van der Waals surface area contributed by atoms with Gasteiger partial charge in [-0.05, 0) is 34.1 Å². The second-order valence-corrected chi connectivity index (χ2v) is 7.04. The number of piperazine rings is 1. The van der Waals surface area contributed by atoms with E-state index in [0.717, 1.165) is 74.5 Å². The maximum absolute atomic E-state index is 5.41. The number of ether oxygens (including phenoxy) is 1. The number of nitrogens with zero attached hydrogens (tertiary/aromatic N) is 6. The van der Waals surface area contributed by atoms with Crippen molar-refractivity contribution in [3.05, 3.63) is 35.1 Å². The van der Waals surface area contributed by atoms with Gasteiger partial charge in [0.1, 0.15) is 11.6 Å². The summed E-state index contributed by atoms with van der Waals surface area (Å²) in [5, 5.41) is 0. The Hall–Kier alpha value is -1.93. The Morgan fingerprint density at radius 1 is 0.800 bits per heavy atom. The van der Waals surface area contributed by atoms with E-state index in [1.54, 1.807) is 0 Å². The van der Waals surface area contributed by atoms with Crippen molar-refractivity contribution >= 4 is 33.5 Å². The van der Waals surface area contributed by atoms with E-state index in [4.69, 9.17) is 9.72 Å². The third-order valence-corrected chi connectivity index (χ3v) is 5.03. The first-order valence-corrected chi connectivity index (χ1v) is 9.36. The number of rotatable bonds is 3. The average Bonchev–Trinajstić information content (AvgIpc) is 2.70. The number of aromatic nitrogens is 3. The van der Waals surface area contributed by atoms with Gasteiger partial charge in [-0.3, -0.25) is 0 Å². The highest BCUT2D eigenvalue weighted by molar-refractivity contribution is 9.10. The third-order valence-electron chi connectivity index (χ3n) is 4.56. The molecular formula is C17H21BrN6O. The second-order valence-electron chi connectivity index (χ2n) is 6.12. The minimum atomic E-state index is 0.743. The first-order valence-electron chi connectivity index (χ1n) is 8.57. The monoisotopic (exact) mass is 404 g/mol. The Kier molecular flexibility index (Phi) is 4.98. The van der Waals surface area contributed by atoms with Crippen LogP contribution in [0, 0.1) is 0 Å². The molecule has 0 amide bonds. The van der Waals surface area contributed by atoms with E-state index in [0.29, 0.717) is 0 Å². The summed E-state index contributed by atoms with van der Waals surface area (Å²) < 4.78 is 6.41. The molecule has 0 N–H and O–H groups in total. The smallest absolute Gasteiger partial charge is 0.227 e. The molecule has 132 valence electrons. The molecule has 2 saturated heterocycles. The first-order chi connectivity index (χ1) is 12.3. The zero-order valence-electron chi connectivity index (χ0n) is 14.0. The summed E-state index contributed by atoms with van der Waals surface area (Å²) in [6, 6.07) is 6.09. The predicted octanol–water partition coefficient (Wildman–Crippen LogP) is 1.80. The number of morpholine rings is 1. The van der Waals surface area contributed by atoms with Gasteiger partial charge in [0.05, 0.1) is 13.2 Å². The van der Waals surface area contributed by atoms with Gasteiger partial charge in [0.15, 0.2) is 0 Å². The highest BCUT2D eigenvalue weighted by atomic mass is 79.9. The minimum absolute atomic E-state index is 0.743. The maximum atomic E-state index is 5.41. The summed E-state index contributed by atoms with van der Waals surface area (Å²) >= 11 is 3.43. The van der Waals surface area contributed by atoms with E-state index in [9.17, 15) is 0 Å². The molecule has 2 aliphatic rings. The lowest BCUT2D eigenvalue weighted by Gasteiger charge is -2.36. The maximum Gasteiger partial charge on any atom is 0.227 e. The van der Waals surface area contributed by atoms with Crippen LogP contribution in [0.4, 0.5) is 17.6 Å². The largest absolute Gasteiger partial charge is 0.378 e. The SMILES string of the molecule is Brc1ccc(N2CCN(c3ccnc(N4CCOCC4)n3)CC2)nc1. The highest BCUT2D eigenvalue weighted by Crippen LogP contribution is 2.20. The van der Waals surface area contributed by atoms with Gasteiger partial charge in [0.25, 0.3) is 0 Å². The number of hydrogen-bond donors (Lipinski definition) is 0. The van der Waals surface area contributed by atoms with Gasteiger partial charge in [-0.15, -0.1) is 0 Å². The lowest BCUT2D eigenvalue weighted by atomic mass is 10.3. The van der Waals surface area contributed by atoms with Crippen molar-refractivity contribution in [3.8, 4) is 0 Å². The van der Waals surface area contributed by atoms with Crippen LogP contribution in [0.1, 0.15) is 0 Å². The van der Waals surface area contributed by atoms with Crippen LogP contribution in [0.5, 0.6) is 0 Å². The van der Waals surface area contributed by atoms with Crippen LogP contribution in [0.3, 0.4) is 0 Å². The van der Waals surface area contributed by atoms with Gasteiger partial charge in [-0.2, -0.15) is 4.98 Å². The second kappa shape index (κ2) is 7.53. The van der Waals surface area contributed by atoms with Crippen molar-refractivity contribution in [2.24, 2.45) is 0 Å². The van der Waals surface area contributed by atoms with Gasteiger partial charge >= 0.3 is 0 Å². The van der Waals surface area contributed by atoms with Gasteiger partial charge in [0, 0.05) is 56.1 Å². The Balaban J connectivity index is 1.41. The predicted molar refractivity (Wildman–Crippen MR) is 101 cm³/mol. The van der Waals surface area contributed by atoms with Crippen molar-refractivity contribution in [2.45, 2.75) is 0 Å². The van der Waals surface area contributed by atoms with E-state index in [1.807, 2.05) is 24.5 Å². The van der Waals surface area contributed by atoms with E-state index >= 15 is 0 Å². The van der Waals surface area contributed by atoms with E-state index in [2.05, 4.69) is 46.7 Å². The van der Waals surface area contributed by atoms with Crippen LogP contribution in [0.15, 0.2) is 35.1 Å². The van der Waals surface area contributed by atoms with Crippen molar-refractivity contribution in [3.63, 3.8) is 0 Å². The Bertz CT molecular complexity index is 699. The zero-order chi connectivity index (χ0) is 17.1. The summed E-state index contributed by atoms with van der Waals surface area (Å²) in [4.78, 5) is 20.5. The van der Waals surface area contributed by atoms with Crippen molar-refractivity contribution < 1.29 is 4.74 Å². The lowest BCUT2D eigenvalue weighted by Crippen LogP contribution is -2.47. The quantitative estimate of drug-likeness (QED) is 0.772. The Labute approximate surface area is 155 Å². The third kappa shape index (κ3) is 3.85. The molecule has 2 aliphatic heterocycles. The molecule has 25 heavy (non-hydrogen) atoms. The zero-order valence-corrected chi connectivity index (χ0v) is 15.6. The van der Waals surface area contributed by atoms with Crippen molar-refractivity contribution in [2.75, 3.05) is 67.2 Å². The van der Waals surface area contributed by atoms with Crippen LogP contribution >= 0.6 is 15.9 Å². The first kappa shape index (κ1) is 16.5. The van der Waals surface area contributed by atoms with Crippen LogP contribution in [-0.2, 0) is 4.74 Å². The molecule has 8 heteroatoms. The summed E-state index contributed by atoms with van der Waals surface area (Å²) in [7, 11) is 0. The summed E-state index contributed by atoms with van der Waals surface area (Å²) in [5.41, 5.74) is 0. The summed E-state index contributed by atoms with van der Waals surface area (Å²) in [6.07, 6.45) is 3.70. The van der Waals surface area contributed by atoms with Gasteiger partial charge in [0.2, 0.25) is 5.95 Å². The fraction of sp³-hybridized carbons (Fsp3) is 0.471. The molecule has 0 atom stereocenters. The number of halogens is 1. The molecule has 0 radical (unpaired) electrons. The van der Waals surface area contributed by atoms with Gasteiger partial charge in [-0.1, -0.05) is 0 Å². The molecule has 0 aliphatic carbocycles. The number of hydrogen-bond acceptors (Lipinski definition) is 7. The summed E-state index contributed by atoms with van der Waals surface area (Å²) in [6.45, 7) is 6.92. The highest BCUT2D eigenvalue weighted by Gasteiger charge is 2.21. The molecule has 0 aromatic carbocycles. The molecule has 2 aromatic rings. The summed E-state index contributed by atoms with van der Waals surface area (Å²) in [5.74, 6) is 2.83. The van der Waals surface area contributed by atoms with Crippen LogP contribution in [0.25, 0.3) is 0 Å². The molecule has 2 aromatic heterocycles. The molecule has 0 saturated carbocycles. The van der Waals surface area contributed by atoms with Crippen LogP contribution in [-0.4, -0.2) is 67.4 Å².